The Balaban J connectivity index is 2.02. The van der Waals surface area contributed by atoms with Crippen LogP contribution in [0.1, 0.15) is 44.1 Å². The third-order valence-corrected chi connectivity index (χ3v) is 4.32. The van der Waals surface area contributed by atoms with E-state index >= 15 is 0 Å². The lowest BCUT2D eigenvalue weighted by atomic mass is 9.74. The molecule has 0 saturated heterocycles. The zero-order valence-electron chi connectivity index (χ0n) is 11.0. The summed E-state index contributed by atoms with van der Waals surface area (Å²) in [6.45, 7) is 1.77. The van der Waals surface area contributed by atoms with E-state index in [1.54, 1.807) is 19.1 Å². The first kappa shape index (κ1) is 13.7. The molecule has 0 aromatic heterocycles. The van der Waals surface area contributed by atoms with Crippen LogP contribution in [0.3, 0.4) is 0 Å². The van der Waals surface area contributed by atoms with E-state index in [2.05, 4.69) is 0 Å². The molecule has 1 fully saturated rings. The van der Waals surface area contributed by atoms with Gasteiger partial charge in [0, 0.05) is 6.07 Å². The molecule has 4 heteroatoms. The van der Waals surface area contributed by atoms with Gasteiger partial charge in [-0.1, -0.05) is 13.0 Å². The van der Waals surface area contributed by atoms with Crippen molar-refractivity contribution in [3.05, 3.63) is 23.8 Å². The van der Waals surface area contributed by atoms with Crippen LogP contribution in [0.2, 0.25) is 0 Å². The molecule has 3 N–H and O–H groups in total. The predicted molar refractivity (Wildman–Crippen MR) is 71.3 cm³/mol. The molecule has 1 aliphatic rings. The van der Waals surface area contributed by atoms with Gasteiger partial charge in [-0.05, 0) is 49.1 Å². The Morgan fingerprint density at radius 3 is 2.37 bits per heavy atom. The molecule has 1 aromatic rings. The van der Waals surface area contributed by atoms with E-state index in [-0.39, 0.29) is 29.3 Å². The molecule has 0 radical (unpaired) electrons. The maximum atomic E-state index is 11.0. The van der Waals surface area contributed by atoms with Crippen LogP contribution in [0.25, 0.3) is 0 Å². The van der Waals surface area contributed by atoms with Gasteiger partial charge in [-0.2, -0.15) is 0 Å². The van der Waals surface area contributed by atoms with Gasteiger partial charge >= 0.3 is 5.97 Å². The second-order valence-electron chi connectivity index (χ2n) is 5.48. The number of aliphatic carboxylic acids is 1. The fraction of sp³-hybridized carbons (Fsp3) is 0.533. The third-order valence-electron chi connectivity index (χ3n) is 4.32. The lowest BCUT2D eigenvalue weighted by Gasteiger charge is -2.31. The topological polar surface area (TPSA) is 77.8 Å². The molecule has 4 nitrogen and oxygen atoms in total. The number of phenolic OH excluding ortho intramolecular Hbond substituents is 2. The molecule has 1 atom stereocenters. The summed E-state index contributed by atoms with van der Waals surface area (Å²) in [4.78, 5) is 11.0. The zero-order chi connectivity index (χ0) is 14.0. The SMILES string of the molecule is CC(C(=O)O)[C@H]1CC[C@H](c2ccc(O)cc2O)CC1. The van der Waals surface area contributed by atoms with Gasteiger partial charge in [0.05, 0.1) is 5.92 Å². The van der Waals surface area contributed by atoms with Crippen LogP contribution < -0.4 is 0 Å². The smallest absolute Gasteiger partial charge is 0.306 e. The summed E-state index contributed by atoms with van der Waals surface area (Å²) < 4.78 is 0. The number of carboxylic acids is 1. The summed E-state index contributed by atoms with van der Waals surface area (Å²) in [6, 6.07) is 4.71. The second kappa shape index (κ2) is 5.51. The fourth-order valence-corrected chi connectivity index (χ4v) is 3.01. The predicted octanol–water partition coefficient (Wildman–Crippen LogP) is 3.09. The van der Waals surface area contributed by atoms with Gasteiger partial charge in [-0.15, -0.1) is 0 Å². The number of carboxylic acid groups (broad SMARTS) is 1. The summed E-state index contributed by atoms with van der Waals surface area (Å²) in [6.07, 6.45) is 3.53. The van der Waals surface area contributed by atoms with E-state index in [0.717, 1.165) is 31.2 Å². The molecule has 1 saturated carbocycles. The van der Waals surface area contributed by atoms with E-state index in [4.69, 9.17) is 5.11 Å². The average Bonchev–Trinajstić information content (AvgIpc) is 2.38. The average molecular weight is 264 g/mol. The standard InChI is InChI=1S/C15H20O4/c1-9(15(18)19)10-2-4-11(5-3-10)13-7-6-12(16)8-14(13)17/h6-11,16-17H,2-5H2,1H3,(H,18,19)/t9?,10-,11-. The molecule has 1 aliphatic carbocycles. The van der Waals surface area contributed by atoms with E-state index in [0.29, 0.717) is 0 Å². The first-order valence-corrected chi connectivity index (χ1v) is 6.73. The van der Waals surface area contributed by atoms with Gasteiger partial charge in [-0.3, -0.25) is 4.79 Å². The van der Waals surface area contributed by atoms with Crippen molar-refractivity contribution in [3.63, 3.8) is 0 Å². The monoisotopic (exact) mass is 264 g/mol. The van der Waals surface area contributed by atoms with E-state index in [1.807, 2.05) is 0 Å². The Bertz CT molecular complexity index is 461. The van der Waals surface area contributed by atoms with Crippen LogP contribution in [0.4, 0.5) is 0 Å². The fourth-order valence-electron chi connectivity index (χ4n) is 3.01. The van der Waals surface area contributed by atoms with Crippen LogP contribution >= 0.6 is 0 Å². The number of phenols is 2. The van der Waals surface area contributed by atoms with Gasteiger partial charge in [0.25, 0.3) is 0 Å². The number of aromatic hydroxyl groups is 2. The zero-order valence-corrected chi connectivity index (χ0v) is 11.0. The first-order valence-electron chi connectivity index (χ1n) is 6.73. The Labute approximate surface area is 112 Å². The Morgan fingerprint density at radius 1 is 1.21 bits per heavy atom. The Kier molecular flexibility index (Phi) is 3.98. The van der Waals surface area contributed by atoms with Crippen LogP contribution in [-0.4, -0.2) is 21.3 Å². The minimum Gasteiger partial charge on any atom is -0.508 e. The molecule has 0 aliphatic heterocycles. The molecule has 2 rings (SSSR count). The molecule has 1 unspecified atom stereocenters. The molecule has 0 amide bonds. The van der Waals surface area contributed by atoms with Gasteiger partial charge < -0.3 is 15.3 Å². The molecule has 104 valence electrons. The van der Waals surface area contributed by atoms with Gasteiger partial charge in [0.2, 0.25) is 0 Å². The van der Waals surface area contributed by atoms with E-state index in [9.17, 15) is 15.0 Å². The lowest BCUT2D eigenvalue weighted by Crippen LogP contribution is -2.24. The summed E-state index contributed by atoms with van der Waals surface area (Å²) in [5.74, 6) is -0.333. The van der Waals surface area contributed by atoms with Crippen molar-refractivity contribution in [2.24, 2.45) is 11.8 Å². The maximum absolute atomic E-state index is 11.0. The van der Waals surface area contributed by atoms with Crippen LogP contribution in [0, 0.1) is 11.8 Å². The van der Waals surface area contributed by atoms with Gasteiger partial charge in [-0.25, -0.2) is 0 Å². The number of hydrogen-bond donors (Lipinski definition) is 3. The minimum absolute atomic E-state index is 0.0643. The summed E-state index contributed by atoms with van der Waals surface area (Å²) in [5.41, 5.74) is 0.860. The highest BCUT2D eigenvalue weighted by molar-refractivity contribution is 5.69. The number of benzene rings is 1. The molecule has 0 bridgehead atoms. The number of rotatable bonds is 3. The summed E-state index contributed by atoms with van der Waals surface area (Å²) in [7, 11) is 0. The third kappa shape index (κ3) is 3.00. The van der Waals surface area contributed by atoms with Crippen LogP contribution in [-0.2, 0) is 4.79 Å². The van der Waals surface area contributed by atoms with E-state index < -0.39 is 5.97 Å². The minimum atomic E-state index is -0.726. The normalized spacial score (nSPS) is 24.9. The van der Waals surface area contributed by atoms with Crippen molar-refractivity contribution >= 4 is 5.97 Å². The van der Waals surface area contributed by atoms with Crippen LogP contribution in [0.15, 0.2) is 18.2 Å². The lowest BCUT2D eigenvalue weighted by molar-refractivity contribution is -0.143. The molecular weight excluding hydrogens is 244 g/mol. The van der Waals surface area contributed by atoms with Crippen molar-refractivity contribution in [1.82, 2.24) is 0 Å². The highest BCUT2D eigenvalue weighted by Gasteiger charge is 2.30. The quantitative estimate of drug-likeness (QED) is 0.784. The van der Waals surface area contributed by atoms with E-state index in [1.165, 1.54) is 6.07 Å². The van der Waals surface area contributed by atoms with Gasteiger partial charge in [0.15, 0.2) is 0 Å². The molecule has 0 spiro atoms. The largest absolute Gasteiger partial charge is 0.508 e. The van der Waals surface area contributed by atoms with Crippen molar-refractivity contribution in [1.29, 1.82) is 0 Å². The number of hydrogen-bond acceptors (Lipinski definition) is 3. The first-order chi connectivity index (χ1) is 8.99. The summed E-state index contributed by atoms with van der Waals surface area (Å²) >= 11 is 0. The molecule has 0 heterocycles. The second-order valence-corrected chi connectivity index (χ2v) is 5.48. The van der Waals surface area contributed by atoms with Crippen molar-refractivity contribution in [2.75, 3.05) is 0 Å². The van der Waals surface area contributed by atoms with Crippen molar-refractivity contribution in [2.45, 2.75) is 38.5 Å². The highest BCUT2D eigenvalue weighted by Crippen LogP contribution is 2.42. The number of carbonyl (C=O) groups is 1. The van der Waals surface area contributed by atoms with Gasteiger partial charge in [0.1, 0.15) is 11.5 Å². The summed E-state index contributed by atoms with van der Waals surface area (Å²) in [5, 5.41) is 28.2. The highest BCUT2D eigenvalue weighted by atomic mass is 16.4. The Hall–Kier alpha value is -1.71. The Morgan fingerprint density at radius 2 is 1.84 bits per heavy atom. The van der Waals surface area contributed by atoms with Crippen LogP contribution in [0.5, 0.6) is 11.5 Å². The molecule has 1 aromatic carbocycles. The van der Waals surface area contributed by atoms with Crippen molar-refractivity contribution < 1.29 is 20.1 Å². The molecule has 19 heavy (non-hydrogen) atoms. The van der Waals surface area contributed by atoms with Crippen molar-refractivity contribution in [3.8, 4) is 11.5 Å². The molecular formula is C15H20O4. The maximum Gasteiger partial charge on any atom is 0.306 e.